The lowest BCUT2D eigenvalue weighted by molar-refractivity contribution is -0.133. The maximum Gasteiger partial charge on any atom is 0.244 e. The van der Waals surface area contributed by atoms with Crippen molar-refractivity contribution in [3.05, 3.63) is 84.9 Å². The van der Waals surface area contributed by atoms with Gasteiger partial charge in [0.15, 0.2) is 5.82 Å². The number of terminal acetylenes is 1. The van der Waals surface area contributed by atoms with Gasteiger partial charge in [0.2, 0.25) is 11.8 Å². The van der Waals surface area contributed by atoms with Gasteiger partial charge in [0.05, 0.1) is 12.1 Å². The molecule has 48 heavy (non-hydrogen) atoms. The number of carbonyl (C=O) groups excluding carboxylic acids is 2. The number of amides is 2. The second-order valence-electron chi connectivity index (χ2n) is 12.0. The zero-order chi connectivity index (χ0) is 33.1. The molecule has 0 aliphatic carbocycles. The number of hydrogen-bond donors (Lipinski definition) is 2. The van der Waals surface area contributed by atoms with E-state index < -0.39 is 5.41 Å². The largest absolute Gasteiger partial charge is 0.368 e. The second-order valence-corrected chi connectivity index (χ2v) is 12.0. The third-order valence-corrected chi connectivity index (χ3v) is 9.08. The normalized spacial score (nSPS) is 18.0. The predicted molar refractivity (Wildman–Crippen MR) is 181 cm³/mol. The summed E-state index contributed by atoms with van der Waals surface area (Å²) in [7, 11) is 0. The highest BCUT2D eigenvalue weighted by molar-refractivity contribution is 6.01. The van der Waals surface area contributed by atoms with Crippen LogP contribution in [0.25, 0.3) is 33.5 Å². The van der Waals surface area contributed by atoms with Crippen LogP contribution in [0.2, 0.25) is 0 Å². The molecule has 1 atom stereocenters. The SMILES string of the molecule is C#CC1(C(=O)Nc2ccc3[nH]nc(-c4ccnc(C#N)c4)c3c2)CCN(CC(=O)N2CCN(c3ccc(-c4ncccn4)cc3)CC2)C1. The molecule has 7 rings (SSSR count). The number of pyridine rings is 1. The summed E-state index contributed by atoms with van der Waals surface area (Å²) in [5.74, 6) is 3.20. The molecule has 5 aromatic rings. The lowest BCUT2D eigenvalue weighted by Crippen LogP contribution is -2.51. The fourth-order valence-corrected chi connectivity index (χ4v) is 6.37. The number of nitrogens with one attached hydrogen (secondary N) is 2. The van der Waals surface area contributed by atoms with Crippen LogP contribution in [0.1, 0.15) is 12.1 Å². The number of anilines is 2. The molecule has 0 spiro atoms. The smallest absolute Gasteiger partial charge is 0.244 e. The van der Waals surface area contributed by atoms with Gasteiger partial charge in [0.1, 0.15) is 22.9 Å². The van der Waals surface area contributed by atoms with E-state index in [0.29, 0.717) is 49.8 Å². The summed E-state index contributed by atoms with van der Waals surface area (Å²) in [4.78, 5) is 45.7. The van der Waals surface area contributed by atoms with Crippen molar-refractivity contribution in [3.63, 3.8) is 0 Å². The maximum atomic E-state index is 13.6. The summed E-state index contributed by atoms with van der Waals surface area (Å²) < 4.78 is 0. The molecule has 0 radical (unpaired) electrons. The van der Waals surface area contributed by atoms with Gasteiger partial charge in [-0.2, -0.15) is 10.4 Å². The predicted octanol–water partition coefficient (Wildman–Crippen LogP) is 3.57. The fourth-order valence-electron chi connectivity index (χ4n) is 6.37. The number of piperazine rings is 1. The average molecular weight is 637 g/mol. The van der Waals surface area contributed by atoms with Gasteiger partial charge < -0.3 is 15.1 Å². The van der Waals surface area contributed by atoms with E-state index in [2.05, 4.69) is 53.4 Å². The van der Waals surface area contributed by atoms with Crippen LogP contribution >= 0.6 is 0 Å². The van der Waals surface area contributed by atoms with Gasteiger partial charge in [-0.15, -0.1) is 6.42 Å². The molecule has 2 N–H and O–H groups in total. The van der Waals surface area contributed by atoms with Crippen LogP contribution in [0.15, 0.2) is 79.3 Å². The molecule has 238 valence electrons. The lowest BCUT2D eigenvalue weighted by atomic mass is 9.87. The van der Waals surface area contributed by atoms with Crippen molar-refractivity contribution < 1.29 is 9.59 Å². The Morgan fingerprint density at radius 1 is 0.938 bits per heavy atom. The summed E-state index contributed by atoms with van der Waals surface area (Å²) >= 11 is 0. The molecule has 2 aromatic carbocycles. The molecule has 2 saturated heterocycles. The number of aromatic nitrogens is 5. The molecule has 2 amide bonds. The van der Waals surface area contributed by atoms with Gasteiger partial charge >= 0.3 is 0 Å². The van der Waals surface area contributed by atoms with E-state index >= 15 is 0 Å². The number of likely N-dealkylation sites (tertiary alicyclic amines) is 1. The maximum absolute atomic E-state index is 13.6. The van der Waals surface area contributed by atoms with Crippen molar-refractivity contribution in [3.8, 4) is 41.1 Å². The van der Waals surface area contributed by atoms with Gasteiger partial charge in [0.25, 0.3) is 0 Å². The minimum atomic E-state index is -1.06. The third kappa shape index (κ3) is 6.05. The highest BCUT2D eigenvalue weighted by atomic mass is 16.2. The van der Waals surface area contributed by atoms with Crippen molar-refractivity contribution in [1.29, 1.82) is 5.26 Å². The van der Waals surface area contributed by atoms with E-state index in [1.54, 1.807) is 42.9 Å². The fraction of sp³-hybridized carbons (Fsp3) is 0.250. The van der Waals surface area contributed by atoms with Crippen LogP contribution in [0.3, 0.4) is 0 Å². The first-order valence-electron chi connectivity index (χ1n) is 15.7. The molecule has 1 unspecified atom stereocenters. The third-order valence-electron chi connectivity index (χ3n) is 9.08. The topological polar surface area (TPSA) is 147 Å². The van der Waals surface area contributed by atoms with Crippen LogP contribution in [0.4, 0.5) is 11.4 Å². The van der Waals surface area contributed by atoms with Crippen LogP contribution in [-0.4, -0.2) is 92.6 Å². The van der Waals surface area contributed by atoms with Crippen LogP contribution in [0.5, 0.6) is 0 Å². The standard InChI is InChI=1S/C36H32N10O2/c1-2-36(35(48)41-27-6-9-31-30(21-27)33(43-42-31)26-10-14-38-28(20-26)22-37)11-15-44(24-36)23-32(47)46-18-16-45(17-19-46)29-7-4-25(5-8-29)34-39-12-3-13-40-34/h1,3-10,12-14,20-21H,11,15-19,23-24H2,(H,41,48)(H,42,43). The van der Waals surface area contributed by atoms with E-state index in [-0.39, 0.29) is 24.1 Å². The number of nitrogens with zero attached hydrogens (tertiary/aromatic N) is 8. The molecule has 5 heterocycles. The summed E-state index contributed by atoms with van der Waals surface area (Å²) in [5, 5.41) is 20.5. The average Bonchev–Trinajstić information content (AvgIpc) is 3.77. The van der Waals surface area contributed by atoms with Crippen LogP contribution < -0.4 is 10.2 Å². The summed E-state index contributed by atoms with van der Waals surface area (Å²) in [6.45, 7) is 3.75. The number of H-pyrrole nitrogens is 1. The monoisotopic (exact) mass is 636 g/mol. The second kappa shape index (κ2) is 12.9. The van der Waals surface area contributed by atoms with Crippen molar-refractivity contribution in [2.75, 3.05) is 56.0 Å². The molecule has 3 aromatic heterocycles. The zero-order valence-electron chi connectivity index (χ0n) is 26.1. The van der Waals surface area contributed by atoms with Crippen LogP contribution in [-0.2, 0) is 9.59 Å². The molecule has 12 heteroatoms. The molecule has 0 saturated carbocycles. The van der Waals surface area contributed by atoms with E-state index in [1.807, 2.05) is 40.1 Å². The van der Waals surface area contributed by atoms with Crippen LogP contribution in [0, 0.1) is 29.1 Å². The first-order valence-corrected chi connectivity index (χ1v) is 15.7. The Balaban J connectivity index is 0.948. The quantitative estimate of drug-likeness (QED) is 0.256. The van der Waals surface area contributed by atoms with Gasteiger partial charge in [0, 0.05) is 85.7 Å². The molecular weight excluding hydrogens is 604 g/mol. The minimum Gasteiger partial charge on any atom is -0.368 e. The molecular formula is C36H32N10O2. The van der Waals surface area contributed by atoms with Crippen molar-refractivity contribution >= 4 is 34.1 Å². The van der Waals surface area contributed by atoms with Crippen molar-refractivity contribution in [1.82, 2.24) is 34.9 Å². The summed E-state index contributed by atoms with van der Waals surface area (Å²) in [6.07, 6.45) is 11.5. The Hall–Kier alpha value is -6.11. The van der Waals surface area contributed by atoms with Gasteiger partial charge in [-0.05, 0) is 67.1 Å². The Labute approximate surface area is 277 Å². The molecule has 0 bridgehead atoms. The number of benzene rings is 2. The highest BCUT2D eigenvalue weighted by Crippen LogP contribution is 2.33. The van der Waals surface area contributed by atoms with E-state index in [0.717, 1.165) is 40.8 Å². The summed E-state index contributed by atoms with van der Waals surface area (Å²) in [6, 6.07) is 20.9. The Morgan fingerprint density at radius 2 is 1.73 bits per heavy atom. The number of hydrogen-bond acceptors (Lipinski definition) is 9. The van der Waals surface area contributed by atoms with Gasteiger partial charge in [-0.3, -0.25) is 19.6 Å². The Kier molecular flexibility index (Phi) is 8.24. The summed E-state index contributed by atoms with van der Waals surface area (Å²) in [5.41, 5.74) is 4.03. The molecule has 2 aliphatic heterocycles. The molecule has 12 nitrogen and oxygen atoms in total. The van der Waals surface area contributed by atoms with Crippen molar-refractivity contribution in [2.24, 2.45) is 5.41 Å². The minimum absolute atomic E-state index is 0.0352. The van der Waals surface area contributed by atoms with E-state index in [1.165, 1.54) is 0 Å². The van der Waals surface area contributed by atoms with Gasteiger partial charge in [-0.25, -0.2) is 15.0 Å². The first kappa shape index (κ1) is 30.5. The number of aromatic amines is 1. The van der Waals surface area contributed by atoms with Crippen molar-refractivity contribution in [2.45, 2.75) is 6.42 Å². The highest BCUT2D eigenvalue weighted by Gasteiger charge is 2.44. The molecule has 2 aliphatic rings. The number of rotatable bonds is 7. The zero-order valence-corrected chi connectivity index (χ0v) is 26.1. The van der Waals surface area contributed by atoms with E-state index in [4.69, 9.17) is 6.42 Å². The Morgan fingerprint density at radius 3 is 2.48 bits per heavy atom. The lowest BCUT2D eigenvalue weighted by Gasteiger charge is -2.37. The number of fused-ring (bicyclic) bond motifs is 1. The number of carbonyl (C=O) groups is 2. The molecule has 2 fully saturated rings. The van der Waals surface area contributed by atoms with Gasteiger partial charge in [-0.1, -0.05) is 5.92 Å². The van der Waals surface area contributed by atoms with E-state index in [9.17, 15) is 14.9 Å². The Bertz CT molecular complexity index is 2060. The first-order chi connectivity index (χ1) is 23.4. The number of nitriles is 1.